The Morgan fingerprint density at radius 3 is 2.14 bits per heavy atom. The van der Waals surface area contributed by atoms with E-state index >= 15 is 4.79 Å². The van der Waals surface area contributed by atoms with Gasteiger partial charge in [0, 0.05) is 15.4 Å². The van der Waals surface area contributed by atoms with Crippen LogP contribution in [0.3, 0.4) is 0 Å². The zero-order chi connectivity index (χ0) is 34.4. The van der Waals surface area contributed by atoms with Crippen LogP contribution in [0.15, 0.2) is 107 Å². The first-order valence-corrected chi connectivity index (χ1v) is 17.5. The molecule has 2 heterocycles. The first-order chi connectivity index (χ1) is 23.5. The summed E-state index contributed by atoms with van der Waals surface area (Å²) in [6.07, 6.45) is 2.59. The number of aromatic hydroxyl groups is 1. The Labute approximate surface area is 297 Å². The van der Waals surface area contributed by atoms with Crippen LogP contribution in [0.5, 0.6) is 5.75 Å². The number of imide groups is 2. The summed E-state index contributed by atoms with van der Waals surface area (Å²) < 4.78 is 0.831. The second-order valence-electron chi connectivity index (χ2n) is 13.6. The first kappa shape index (κ1) is 31.7. The number of anilines is 2. The van der Waals surface area contributed by atoms with Crippen LogP contribution in [0.1, 0.15) is 41.0 Å². The minimum atomic E-state index is -1.37. The van der Waals surface area contributed by atoms with Crippen LogP contribution in [-0.4, -0.2) is 28.7 Å². The number of benzene rings is 4. The molecule has 2 aliphatic carbocycles. The van der Waals surface area contributed by atoms with E-state index in [1.807, 2.05) is 62.4 Å². The van der Waals surface area contributed by atoms with Gasteiger partial charge in [0.1, 0.15) is 5.75 Å². The summed E-state index contributed by atoms with van der Waals surface area (Å²) in [4.78, 5) is 61.2. The van der Waals surface area contributed by atoms with Crippen LogP contribution in [0, 0.1) is 37.5 Å². The van der Waals surface area contributed by atoms with E-state index in [2.05, 4.69) is 15.9 Å². The molecular formula is C40H32BrClN2O5. The van der Waals surface area contributed by atoms with E-state index in [4.69, 9.17) is 11.6 Å². The van der Waals surface area contributed by atoms with Crippen molar-refractivity contribution >= 4 is 62.5 Å². The largest absolute Gasteiger partial charge is 0.507 e. The predicted molar refractivity (Wildman–Crippen MR) is 190 cm³/mol. The molecule has 6 atom stereocenters. The predicted octanol–water partition coefficient (Wildman–Crippen LogP) is 7.79. The van der Waals surface area contributed by atoms with Gasteiger partial charge < -0.3 is 5.11 Å². The lowest BCUT2D eigenvalue weighted by Gasteiger charge is -2.51. The topological polar surface area (TPSA) is 95.0 Å². The molecule has 7 nitrogen and oxygen atoms in total. The van der Waals surface area contributed by atoms with E-state index in [9.17, 15) is 19.5 Å². The summed E-state index contributed by atoms with van der Waals surface area (Å²) in [5, 5.41) is 11.2. The van der Waals surface area contributed by atoms with E-state index in [0.29, 0.717) is 39.5 Å². The highest BCUT2D eigenvalue weighted by Gasteiger charge is 2.70. The van der Waals surface area contributed by atoms with Gasteiger partial charge in [-0.1, -0.05) is 87.7 Å². The van der Waals surface area contributed by atoms with Crippen molar-refractivity contribution < 1.29 is 24.3 Å². The Kier molecular flexibility index (Phi) is 7.46. The van der Waals surface area contributed by atoms with Gasteiger partial charge in [-0.3, -0.25) is 24.1 Å². The Hall–Kier alpha value is -4.53. The summed E-state index contributed by atoms with van der Waals surface area (Å²) in [7, 11) is 0. The number of aryl methyl sites for hydroxylation is 2. The van der Waals surface area contributed by atoms with E-state index in [1.165, 1.54) is 9.80 Å². The minimum Gasteiger partial charge on any atom is -0.507 e. The number of nitrogens with zero attached hydrogens (tertiary/aromatic N) is 2. The average molecular weight is 736 g/mol. The van der Waals surface area contributed by atoms with Gasteiger partial charge >= 0.3 is 0 Å². The molecule has 0 spiro atoms. The van der Waals surface area contributed by atoms with Crippen molar-refractivity contribution in [3.8, 4) is 5.75 Å². The second-order valence-corrected chi connectivity index (χ2v) is 14.9. The molecule has 4 amide bonds. The van der Waals surface area contributed by atoms with Crippen LogP contribution < -0.4 is 9.80 Å². The summed E-state index contributed by atoms with van der Waals surface area (Å²) in [5.74, 6) is -4.40. The third-order valence-corrected chi connectivity index (χ3v) is 11.9. The standard InChI is InChI=1S/C40H32BrClN2O5/c1-21-17-23(18-22(2)35(21)45)34-29-15-16-30-33(38(48)43(36(30)46)27-13-11-25(41)12-14-27)31(29)20-32-37(47)44(28-10-6-9-26(42)19-28)39(49)40(32,34)24-7-4-3-5-8-24/h3-15,17-19,30-34,45H,16,20H2,1-2H3. The minimum absolute atomic E-state index is 0.162. The Morgan fingerprint density at radius 2 is 1.47 bits per heavy atom. The zero-order valence-corrected chi connectivity index (χ0v) is 29.1. The molecule has 246 valence electrons. The maximum Gasteiger partial charge on any atom is 0.246 e. The van der Waals surface area contributed by atoms with Crippen molar-refractivity contribution in [1.82, 2.24) is 0 Å². The number of fused-ring (bicyclic) bond motifs is 4. The summed E-state index contributed by atoms with van der Waals surface area (Å²) in [6.45, 7) is 3.64. The van der Waals surface area contributed by atoms with Crippen molar-refractivity contribution in [3.05, 3.63) is 134 Å². The van der Waals surface area contributed by atoms with Gasteiger partial charge in [-0.25, -0.2) is 4.90 Å². The van der Waals surface area contributed by atoms with Crippen LogP contribution >= 0.6 is 27.5 Å². The third-order valence-electron chi connectivity index (χ3n) is 11.1. The van der Waals surface area contributed by atoms with Crippen LogP contribution in [0.25, 0.3) is 0 Å². The van der Waals surface area contributed by atoms with Crippen LogP contribution in [0.4, 0.5) is 11.4 Å². The Morgan fingerprint density at radius 1 is 0.776 bits per heavy atom. The number of allylic oxidation sites excluding steroid dienone is 2. The maximum atomic E-state index is 15.3. The number of carbonyl (C=O) groups is 4. The summed E-state index contributed by atoms with van der Waals surface area (Å²) in [6, 6.07) is 27.0. The monoisotopic (exact) mass is 734 g/mol. The van der Waals surface area contributed by atoms with E-state index in [-0.39, 0.29) is 35.8 Å². The van der Waals surface area contributed by atoms with E-state index in [1.54, 1.807) is 48.5 Å². The van der Waals surface area contributed by atoms with Gasteiger partial charge in [-0.2, -0.15) is 0 Å². The van der Waals surface area contributed by atoms with Crippen LogP contribution in [-0.2, 0) is 24.6 Å². The number of amides is 4. The highest BCUT2D eigenvalue weighted by Crippen LogP contribution is 2.64. The molecule has 2 aliphatic heterocycles. The Bertz CT molecular complexity index is 2090. The average Bonchev–Trinajstić information content (AvgIpc) is 3.48. The number of hydrogen-bond acceptors (Lipinski definition) is 5. The van der Waals surface area contributed by atoms with Crippen molar-refractivity contribution in [2.75, 3.05) is 9.80 Å². The normalized spacial score (nSPS) is 27.6. The molecule has 1 saturated carbocycles. The van der Waals surface area contributed by atoms with Crippen molar-refractivity contribution in [2.45, 2.75) is 38.0 Å². The molecule has 6 unspecified atom stereocenters. The third kappa shape index (κ3) is 4.53. The van der Waals surface area contributed by atoms with Gasteiger partial charge in [0.15, 0.2) is 0 Å². The highest BCUT2D eigenvalue weighted by molar-refractivity contribution is 9.10. The van der Waals surface area contributed by atoms with E-state index in [0.717, 1.165) is 15.6 Å². The number of phenolic OH excluding ortho intramolecular Hbond substituents is 1. The number of carbonyl (C=O) groups excluding carboxylic acids is 4. The quantitative estimate of drug-likeness (QED) is 0.171. The number of rotatable bonds is 4. The summed E-state index contributed by atoms with van der Waals surface area (Å²) >= 11 is 9.84. The molecule has 8 rings (SSSR count). The lowest BCUT2D eigenvalue weighted by atomic mass is 9.49. The second kappa shape index (κ2) is 11.5. The van der Waals surface area contributed by atoms with Crippen molar-refractivity contribution in [2.24, 2.45) is 23.7 Å². The molecular weight excluding hydrogens is 704 g/mol. The summed E-state index contributed by atoms with van der Waals surface area (Å²) in [5.41, 5.74) is 3.14. The molecule has 4 aromatic rings. The highest BCUT2D eigenvalue weighted by atomic mass is 79.9. The molecule has 3 fully saturated rings. The molecule has 1 N–H and O–H groups in total. The Balaban J connectivity index is 1.37. The van der Waals surface area contributed by atoms with Gasteiger partial charge in [0.25, 0.3) is 0 Å². The van der Waals surface area contributed by atoms with Crippen LogP contribution in [0.2, 0.25) is 5.02 Å². The zero-order valence-electron chi connectivity index (χ0n) is 26.8. The first-order valence-electron chi connectivity index (χ1n) is 16.4. The van der Waals surface area contributed by atoms with Gasteiger partial charge in [0.2, 0.25) is 23.6 Å². The molecule has 9 heteroatoms. The smallest absolute Gasteiger partial charge is 0.246 e. The fraction of sp³-hybridized carbons (Fsp3) is 0.250. The maximum absolute atomic E-state index is 15.3. The molecule has 0 radical (unpaired) electrons. The fourth-order valence-corrected chi connectivity index (χ4v) is 9.57. The SMILES string of the molecule is Cc1cc(C2C3=CCC4C(=O)N(c5ccc(Br)cc5)C(=O)C4C3CC3C(=O)N(c4cccc(Cl)c4)C(=O)C32c2ccccc2)cc(C)c1O. The molecule has 0 bridgehead atoms. The lowest BCUT2D eigenvalue weighted by molar-refractivity contribution is -0.127. The fourth-order valence-electron chi connectivity index (χ4n) is 9.12. The van der Waals surface area contributed by atoms with Gasteiger partial charge in [-0.15, -0.1) is 0 Å². The van der Waals surface area contributed by atoms with Gasteiger partial charge in [-0.05, 0) is 97.3 Å². The molecule has 2 saturated heterocycles. The van der Waals surface area contributed by atoms with Gasteiger partial charge in [0.05, 0.1) is 34.5 Å². The number of halogens is 2. The number of hydrogen-bond donors (Lipinski definition) is 1. The molecule has 0 aromatic heterocycles. The molecule has 49 heavy (non-hydrogen) atoms. The van der Waals surface area contributed by atoms with Crippen molar-refractivity contribution in [3.63, 3.8) is 0 Å². The van der Waals surface area contributed by atoms with Crippen molar-refractivity contribution in [1.29, 1.82) is 0 Å². The van der Waals surface area contributed by atoms with E-state index < -0.39 is 35.0 Å². The molecule has 4 aliphatic rings. The molecule has 4 aromatic carbocycles. The number of phenols is 1. The lowest BCUT2D eigenvalue weighted by Crippen LogP contribution is -2.53.